The Morgan fingerprint density at radius 2 is 2.00 bits per heavy atom. The lowest BCUT2D eigenvalue weighted by molar-refractivity contribution is 0.316. The van der Waals surface area contributed by atoms with Crippen LogP contribution >= 0.6 is 23.2 Å². The lowest BCUT2D eigenvalue weighted by Gasteiger charge is -2.16. The van der Waals surface area contributed by atoms with Gasteiger partial charge >= 0.3 is 0 Å². The van der Waals surface area contributed by atoms with Crippen molar-refractivity contribution in [3.05, 3.63) is 51.7 Å². The SMILES string of the molecule is Cc1occc1CN(C)Cc1cnc(Cl)cc1Cl. The number of aryl methyl sites for hydroxylation is 1. The fourth-order valence-corrected chi connectivity index (χ4v) is 2.19. The van der Waals surface area contributed by atoms with Gasteiger partial charge in [0.1, 0.15) is 10.9 Å². The van der Waals surface area contributed by atoms with E-state index in [0.717, 1.165) is 17.9 Å². The molecule has 5 heteroatoms. The predicted octanol–water partition coefficient (Wildman–Crippen LogP) is 3.92. The summed E-state index contributed by atoms with van der Waals surface area (Å²) in [6, 6.07) is 3.64. The van der Waals surface area contributed by atoms with Crippen LogP contribution in [0.25, 0.3) is 0 Å². The van der Waals surface area contributed by atoms with Crippen molar-refractivity contribution in [3.63, 3.8) is 0 Å². The van der Waals surface area contributed by atoms with Crippen molar-refractivity contribution in [3.8, 4) is 0 Å². The summed E-state index contributed by atoms with van der Waals surface area (Å²) in [5.74, 6) is 0.946. The van der Waals surface area contributed by atoms with Crippen molar-refractivity contribution >= 4 is 23.2 Å². The molecule has 0 amide bonds. The van der Waals surface area contributed by atoms with E-state index in [4.69, 9.17) is 27.6 Å². The molecule has 2 aromatic rings. The minimum Gasteiger partial charge on any atom is -0.469 e. The molecule has 0 unspecified atom stereocenters. The maximum absolute atomic E-state index is 6.12. The third-order valence-corrected chi connectivity index (χ3v) is 3.30. The molecule has 0 radical (unpaired) electrons. The first-order chi connectivity index (χ1) is 8.56. The highest BCUT2D eigenvalue weighted by atomic mass is 35.5. The second-order valence-electron chi connectivity index (χ2n) is 4.27. The summed E-state index contributed by atoms with van der Waals surface area (Å²) in [4.78, 5) is 6.19. The number of aromatic nitrogens is 1. The predicted molar refractivity (Wildman–Crippen MR) is 72.9 cm³/mol. The van der Waals surface area contributed by atoms with Crippen LogP contribution in [0.3, 0.4) is 0 Å². The maximum Gasteiger partial charge on any atom is 0.130 e. The fraction of sp³-hybridized carbons (Fsp3) is 0.308. The molecule has 0 saturated heterocycles. The van der Waals surface area contributed by atoms with Crippen LogP contribution in [-0.4, -0.2) is 16.9 Å². The van der Waals surface area contributed by atoms with Gasteiger partial charge in [-0.1, -0.05) is 23.2 Å². The summed E-state index contributed by atoms with van der Waals surface area (Å²) in [5, 5.41) is 1.06. The molecule has 0 atom stereocenters. The Kier molecular flexibility index (Phi) is 4.27. The van der Waals surface area contributed by atoms with Crippen LogP contribution in [0.5, 0.6) is 0 Å². The van der Waals surface area contributed by atoms with Gasteiger partial charge in [0.15, 0.2) is 0 Å². The Labute approximate surface area is 116 Å². The average Bonchev–Trinajstić information content (AvgIpc) is 2.69. The van der Waals surface area contributed by atoms with Crippen LogP contribution in [-0.2, 0) is 13.1 Å². The van der Waals surface area contributed by atoms with Crippen LogP contribution in [0.2, 0.25) is 10.2 Å². The molecule has 0 aromatic carbocycles. The lowest BCUT2D eigenvalue weighted by Crippen LogP contribution is -2.17. The molecule has 0 spiro atoms. The Hall–Kier alpha value is -1.03. The average molecular weight is 285 g/mol. The second kappa shape index (κ2) is 5.74. The molecule has 3 nitrogen and oxygen atoms in total. The number of hydrogen-bond donors (Lipinski definition) is 0. The van der Waals surface area contributed by atoms with E-state index in [1.165, 1.54) is 5.56 Å². The largest absolute Gasteiger partial charge is 0.469 e. The van der Waals surface area contributed by atoms with Gasteiger partial charge in [0, 0.05) is 35.4 Å². The third-order valence-electron chi connectivity index (χ3n) is 2.74. The van der Waals surface area contributed by atoms with Crippen LogP contribution in [0.1, 0.15) is 16.9 Å². The first-order valence-electron chi connectivity index (χ1n) is 5.57. The summed E-state index contributed by atoms with van der Waals surface area (Å²) in [5.41, 5.74) is 2.14. The van der Waals surface area contributed by atoms with Gasteiger partial charge in [0.05, 0.1) is 6.26 Å². The Bertz CT molecular complexity index is 540. The van der Waals surface area contributed by atoms with E-state index in [-0.39, 0.29) is 0 Å². The molecule has 2 heterocycles. The fourth-order valence-electron chi connectivity index (χ4n) is 1.76. The highest BCUT2D eigenvalue weighted by Crippen LogP contribution is 2.20. The topological polar surface area (TPSA) is 29.3 Å². The van der Waals surface area contributed by atoms with Gasteiger partial charge < -0.3 is 4.42 Å². The number of nitrogens with zero attached hydrogens (tertiary/aromatic N) is 2. The van der Waals surface area contributed by atoms with Gasteiger partial charge in [-0.15, -0.1) is 0 Å². The van der Waals surface area contributed by atoms with Crippen LogP contribution in [0.15, 0.2) is 29.0 Å². The number of halogens is 2. The van der Waals surface area contributed by atoms with Crippen molar-refractivity contribution < 1.29 is 4.42 Å². The lowest BCUT2D eigenvalue weighted by atomic mass is 10.2. The highest BCUT2D eigenvalue weighted by molar-refractivity contribution is 6.34. The number of rotatable bonds is 4. The van der Waals surface area contributed by atoms with E-state index in [2.05, 4.69) is 9.88 Å². The first-order valence-corrected chi connectivity index (χ1v) is 6.33. The zero-order valence-corrected chi connectivity index (χ0v) is 11.8. The second-order valence-corrected chi connectivity index (χ2v) is 5.07. The molecule has 2 aromatic heterocycles. The molecule has 96 valence electrons. The van der Waals surface area contributed by atoms with Gasteiger partial charge in [-0.2, -0.15) is 0 Å². The van der Waals surface area contributed by atoms with E-state index in [1.54, 1.807) is 18.5 Å². The van der Waals surface area contributed by atoms with Crippen LogP contribution in [0, 0.1) is 6.92 Å². The maximum atomic E-state index is 6.12. The van der Waals surface area contributed by atoms with Crippen molar-refractivity contribution in [2.75, 3.05) is 7.05 Å². The molecule has 0 N–H and O–H groups in total. The van der Waals surface area contributed by atoms with Crippen molar-refractivity contribution in [2.24, 2.45) is 0 Å². The summed E-state index contributed by atoms with van der Waals surface area (Å²) >= 11 is 11.9. The molecule has 0 bridgehead atoms. The van der Waals surface area contributed by atoms with Gasteiger partial charge in [-0.05, 0) is 26.1 Å². The third kappa shape index (κ3) is 3.25. The minimum absolute atomic E-state index is 0.414. The molecule has 0 aliphatic rings. The standard InChI is InChI=1S/C13H14Cl2N2O/c1-9-10(3-4-18-9)7-17(2)8-11-6-16-13(15)5-12(11)14/h3-6H,7-8H2,1-2H3. The minimum atomic E-state index is 0.414. The number of hydrogen-bond acceptors (Lipinski definition) is 3. The van der Waals surface area contributed by atoms with E-state index in [9.17, 15) is 0 Å². The van der Waals surface area contributed by atoms with E-state index in [0.29, 0.717) is 16.7 Å². The normalized spacial score (nSPS) is 11.2. The summed E-state index contributed by atoms with van der Waals surface area (Å²) < 4.78 is 5.27. The zero-order valence-electron chi connectivity index (χ0n) is 10.3. The molecule has 0 aliphatic heterocycles. The molecule has 0 fully saturated rings. The first kappa shape index (κ1) is 13.4. The molecule has 0 aliphatic carbocycles. The van der Waals surface area contributed by atoms with Gasteiger partial charge in [0.2, 0.25) is 0 Å². The van der Waals surface area contributed by atoms with Gasteiger partial charge in [-0.3, -0.25) is 4.90 Å². The monoisotopic (exact) mass is 284 g/mol. The van der Waals surface area contributed by atoms with Crippen LogP contribution in [0.4, 0.5) is 0 Å². The van der Waals surface area contributed by atoms with Gasteiger partial charge in [0.25, 0.3) is 0 Å². The molecule has 2 rings (SSSR count). The quantitative estimate of drug-likeness (QED) is 0.797. The van der Waals surface area contributed by atoms with Crippen molar-refractivity contribution in [1.29, 1.82) is 0 Å². The molecule has 0 saturated carbocycles. The summed E-state index contributed by atoms with van der Waals surface area (Å²) in [6.07, 6.45) is 3.42. The van der Waals surface area contributed by atoms with Crippen molar-refractivity contribution in [2.45, 2.75) is 20.0 Å². The van der Waals surface area contributed by atoms with Gasteiger partial charge in [-0.25, -0.2) is 4.98 Å². The van der Waals surface area contributed by atoms with E-state index >= 15 is 0 Å². The van der Waals surface area contributed by atoms with Crippen LogP contribution < -0.4 is 0 Å². The molecular weight excluding hydrogens is 271 g/mol. The smallest absolute Gasteiger partial charge is 0.130 e. The van der Waals surface area contributed by atoms with E-state index < -0.39 is 0 Å². The highest BCUT2D eigenvalue weighted by Gasteiger charge is 2.09. The molecule has 18 heavy (non-hydrogen) atoms. The zero-order chi connectivity index (χ0) is 13.1. The number of furan rings is 1. The van der Waals surface area contributed by atoms with Crippen molar-refractivity contribution in [1.82, 2.24) is 9.88 Å². The Balaban J connectivity index is 2.03. The Morgan fingerprint density at radius 3 is 2.61 bits per heavy atom. The Morgan fingerprint density at radius 1 is 1.28 bits per heavy atom. The number of pyridine rings is 1. The molecular formula is C13H14Cl2N2O. The van der Waals surface area contributed by atoms with E-state index in [1.807, 2.05) is 20.0 Å². The summed E-state index contributed by atoms with van der Waals surface area (Å²) in [6.45, 7) is 3.48. The summed E-state index contributed by atoms with van der Waals surface area (Å²) in [7, 11) is 2.03.